The topological polar surface area (TPSA) is 99.5 Å². The largest absolute Gasteiger partial charge is 0.379 e. The Morgan fingerprint density at radius 3 is 1.11 bits per heavy atom. The maximum Gasteiger partial charge on any atom is 0.357 e. The van der Waals surface area contributed by atoms with Gasteiger partial charge in [0.2, 0.25) is 0 Å². The van der Waals surface area contributed by atoms with Crippen molar-refractivity contribution in [2.24, 2.45) is 0 Å². The Hall–Kier alpha value is -1.22. The fraction of sp³-hybridized carbons (Fsp3) is 0.900. The van der Waals surface area contributed by atoms with E-state index < -0.39 is 24.1 Å². The van der Waals surface area contributed by atoms with Crippen LogP contribution >= 0.6 is 0 Å². The quantitative estimate of drug-likeness (QED) is 0.357. The van der Waals surface area contributed by atoms with Crippen LogP contribution in [-0.2, 0) is 19.3 Å². The summed E-state index contributed by atoms with van der Waals surface area (Å²) in [6.45, 7) is 10.3. The lowest BCUT2D eigenvalue weighted by Crippen LogP contribution is -2.46. The second kappa shape index (κ2) is 16.7. The number of nitrogens with zero attached hydrogens (tertiary/aromatic N) is 2. The van der Waals surface area contributed by atoms with E-state index in [9.17, 15) is 19.8 Å². The summed E-state index contributed by atoms with van der Waals surface area (Å²) >= 11 is 0. The zero-order chi connectivity index (χ0) is 21.4. The molecule has 0 heterocycles. The van der Waals surface area contributed by atoms with Gasteiger partial charge in [-0.2, -0.15) is 0 Å². The van der Waals surface area contributed by atoms with E-state index in [1.165, 1.54) is 10.1 Å². The first-order chi connectivity index (χ1) is 13.4. The number of unbranched alkanes of at least 4 members (excludes halogenated alkanes) is 4. The van der Waals surface area contributed by atoms with E-state index in [-0.39, 0.29) is 0 Å². The van der Waals surface area contributed by atoms with E-state index in [1.54, 1.807) is 0 Å². The molecule has 0 aliphatic rings. The molecule has 0 aromatic rings. The Bertz CT molecular complexity index is 368. The number of aliphatic hydroxyl groups excluding tert-OH is 2. The maximum absolute atomic E-state index is 12.2. The summed E-state index contributed by atoms with van der Waals surface area (Å²) in [5.74, 6) is -2.10. The van der Waals surface area contributed by atoms with E-state index in [0.717, 1.165) is 51.4 Å². The average molecular weight is 405 g/mol. The fourth-order valence-corrected chi connectivity index (χ4v) is 2.36. The van der Waals surface area contributed by atoms with E-state index in [1.807, 2.05) is 27.7 Å². The van der Waals surface area contributed by atoms with Gasteiger partial charge in [0.1, 0.15) is 0 Å². The van der Waals surface area contributed by atoms with Crippen molar-refractivity contribution < 1.29 is 29.5 Å². The summed E-state index contributed by atoms with van der Waals surface area (Å²) < 4.78 is 0. The van der Waals surface area contributed by atoms with Crippen molar-refractivity contribution in [3.05, 3.63) is 0 Å². The molecule has 2 atom stereocenters. The van der Waals surface area contributed by atoms with Gasteiger partial charge >= 0.3 is 11.9 Å². The van der Waals surface area contributed by atoms with Crippen molar-refractivity contribution in [2.45, 2.75) is 91.3 Å². The third kappa shape index (κ3) is 11.6. The summed E-state index contributed by atoms with van der Waals surface area (Å²) in [6.07, 6.45) is 3.10. The lowest BCUT2D eigenvalue weighted by Gasteiger charge is -2.25. The highest BCUT2D eigenvalue weighted by Gasteiger charge is 2.35. The molecular formula is C20H40N2O6. The minimum atomic E-state index is -1.99. The average Bonchev–Trinajstić information content (AvgIpc) is 2.70. The number of carbonyl (C=O) groups is 2. The Balaban J connectivity index is 4.72. The zero-order valence-electron chi connectivity index (χ0n) is 18.1. The van der Waals surface area contributed by atoms with Gasteiger partial charge in [-0.1, -0.05) is 53.4 Å². The van der Waals surface area contributed by atoms with Crippen molar-refractivity contribution >= 4 is 11.9 Å². The van der Waals surface area contributed by atoms with Crippen LogP contribution in [0.5, 0.6) is 0 Å². The number of aliphatic hydroxyl groups is 2. The third-order valence-electron chi connectivity index (χ3n) is 4.26. The molecule has 28 heavy (non-hydrogen) atoms. The van der Waals surface area contributed by atoms with Gasteiger partial charge in [-0.25, -0.2) is 9.59 Å². The van der Waals surface area contributed by atoms with Gasteiger partial charge in [0.05, 0.1) is 0 Å². The number of hydroxylamine groups is 4. The molecule has 0 aromatic carbocycles. The van der Waals surface area contributed by atoms with Crippen molar-refractivity contribution in [1.29, 1.82) is 0 Å². The molecule has 0 saturated carbocycles. The van der Waals surface area contributed by atoms with Gasteiger partial charge in [-0.05, 0) is 25.7 Å². The van der Waals surface area contributed by atoms with Crippen LogP contribution in [0.3, 0.4) is 0 Å². The summed E-state index contributed by atoms with van der Waals surface area (Å²) in [5, 5.41) is 23.1. The van der Waals surface area contributed by atoms with Gasteiger partial charge in [0, 0.05) is 26.2 Å². The van der Waals surface area contributed by atoms with Crippen LogP contribution in [0.2, 0.25) is 0 Å². The molecule has 0 aromatic heterocycles. The van der Waals surface area contributed by atoms with E-state index in [4.69, 9.17) is 9.68 Å². The van der Waals surface area contributed by atoms with Gasteiger partial charge < -0.3 is 19.9 Å². The van der Waals surface area contributed by atoms with Crippen LogP contribution in [0.15, 0.2) is 0 Å². The molecule has 2 unspecified atom stereocenters. The number of hydrogen-bond donors (Lipinski definition) is 2. The molecule has 0 spiro atoms. The molecule has 0 rings (SSSR count). The predicted octanol–water partition coefficient (Wildman–Crippen LogP) is 2.43. The summed E-state index contributed by atoms with van der Waals surface area (Å²) in [4.78, 5) is 34.7. The number of carbonyl (C=O) groups excluding carboxylic acids is 2. The van der Waals surface area contributed by atoms with E-state index in [2.05, 4.69) is 0 Å². The van der Waals surface area contributed by atoms with Gasteiger partial charge in [-0.15, -0.1) is 10.1 Å². The first-order valence-corrected chi connectivity index (χ1v) is 10.7. The molecule has 2 N–H and O–H groups in total. The number of hydrogen-bond acceptors (Lipinski definition) is 8. The standard InChI is InChI=1S/C20H40N2O6/c1-5-9-13-21(14-10-6-2)27-19(25)17(23)18(24)20(26)28-22(15-11-7-3)16-12-8-4/h17-18,23-24H,5-16H2,1-4H3. The first kappa shape index (κ1) is 26.8. The molecule has 0 saturated heterocycles. The van der Waals surface area contributed by atoms with Crippen LogP contribution < -0.4 is 0 Å². The highest BCUT2D eigenvalue weighted by molar-refractivity contribution is 5.84. The zero-order valence-corrected chi connectivity index (χ0v) is 18.1. The minimum absolute atomic E-state index is 0.539. The molecule has 8 nitrogen and oxygen atoms in total. The molecule has 0 bridgehead atoms. The molecule has 166 valence electrons. The highest BCUT2D eigenvalue weighted by atomic mass is 16.7. The van der Waals surface area contributed by atoms with Crippen LogP contribution in [0, 0.1) is 0 Å². The second-order valence-electron chi connectivity index (χ2n) is 6.98. The normalized spacial score (nSPS) is 13.6. The predicted molar refractivity (Wildman–Crippen MR) is 107 cm³/mol. The van der Waals surface area contributed by atoms with Crippen molar-refractivity contribution in [1.82, 2.24) is 10.1 Å². The smallest absolute Gasteiger partial charge is 0.357 e. The molecule has 0 fully saturated rings. The lowest BCUT2D eigenvalue weighted by atomic mass is 10.2. The Kier molecular flexibility index (Phi) is 16.0. The SMILES string of the molecule is CCCCN(CCCC)OC(=O)C(O)C(O)C(=O)ON(CCCC)CCCC. The molecular weight excluding hydrogens is 364 g/mol. The molecule has 0 radical (unpaired) electrons. The van der Waals surface area contributed by atoms with Crippen LogP contribution in [-0.4, -0.2) is 70.7 Å². The summed E-state index contributed by atoms with van der Waals surface area (Å²) in [7, 11) is 0. The highest BCUT2D eigenvalue weighted by Crippen LogP contribution is 2.08. The number of rotatable bonds is 17. The van der Waals surface area contributed by atoms with Crippen LogP contribution in [0.25, 0.3) is 0 Å². The summed E-state index contributed by atoms with van der Waals surface area (Å²) in [5.41, 5.74) is 0. The van der Waals surface area contributed by atoms with Crippen molar-refractivity contribution in [3.8, 4) is 0 Å². The monoisotopic (exact) mass is 404 g/mol. The Morgan fingerprint density at radius 1 is 0.643 bits per heavy atom. The lowest BCUT2D eigenvalue weighted by molar-refractivity contribution is -0.219. The molecule has 0 aliphatic carbocycles. The van der Waals surface area contributed by atoms with Gasteiger partial charge in [0.25, 0.3) is 0 Å². The van der Waals surface area contributed by atoms with Crippen LogP contribution in [0.1, 0.15) is 79.1 Å². The Morgan fingerprint density at radius 2 is 0.893 bits per heavy atom. The van der Waals surface area contributed by atoms with Crippen molar-refractivity contribution in [3.63, 3.8) is 0 Å². The molecule has 8 heteroatoms. The second-order valence-corrected chi connectivity index (χ2v) is 6.98. The maximum atomic E-state index is 12.2. The molecule has 0 amide bonds. The van der Waals surface area contributed by atoms with Crippen molar-refractivity contribution in [2.75, 3.05) is 26.2 Å². The molecule has 0 aliphatic heterocycles. The third-order valence-corrected chi connectivity index (χ3v) is 4.26. The van der Waals surface area contributed by atoms with Gasteiger partial charge in [0.15, 0.2) is 12.2 Å². The van der Waals surface area contributed by atoms with E-state index in [0.29, 0.717) is 26.2 Å². The fourth-order valence-electron chi connectivity index (χ4n) is 2.36. The van der Waals surface area contributed by atoms with E-state index >= 15 is 0 Å². The first-order valence-electron chi connectivity index (χ1n) is 10.7. The summed E-state index contributed by atoms with van der Waals surface area (Å²) in [6, 6.07) is 0. The minimum Gasteiger partial charge on any atom is -0.379 e. The Labute approximate surface area is 169 Å². The van der Waals surface area contributed by atoms with Gasteiger partial charge in [-0.3, -0.25) is 0 Å². The van der Waals surface area contributed by atoms with Crippen LogP contribution in [0.4, 0.5) is 0 Å².